The van der Waals surface area contributed by atoms with Crippen LogP contribution in [0.25, 0.3) is 0 Å². The van der Waals surface area contributed by atoms with Crippen LogP contribution in [0.5, 0.6) is 0 Å². The molecule has 7 heteroatoms. The molecule has 0 aliphatic rings. The topological polar surface area (TPSA) is 84.6 Å². The average molecular weight is 343 g/mol. The number of nitrogens with one attached hydrogen (secondary N) is 1. The van der Waals surface area contributed by atoms with E-state index in [1.807, 2.05) is 31.2 Å². The van der Waals surface area contributed by atoms with Gasteiger partial charge in [-0.3, -0.25) is 14.9 Å². The van der Waals surface area contributed by atoms with Crippen molar-refractivity contribution in [2.75, 3.05) is 5.75 Å². The quantitative estimate of drug-likeness (QED) is 0.475. The fraction of sp³-hybridized carbons (Fsp3) is 0.176. The van der Waals surface area contributed by atoms with E-state index in [1.54, 1.807) is 12.1 Å². The van der Waals surface area contributed by atoms with E-state index in [2.05, 4.69) is 10.5 Å². The fourth-order valence-corrected chi connectivity index (χ4v) is 2.66. The van der Waals surface area contributed by atoms with Crippen molar-refractivity contribution in [2.24, 2.45) is 5.10 Å². The normalized spacial score (nSPS) is 10.7. The monoisotopic (exact) mass is 343 g/mol. The lowest BCUT2D eigenvalue weighted by Gasteiger charge is -2.02. The first-order valence-corrected chi connectivity index (χ1v) is 8.40. The Morgan fingerprint density at radius 2 is 2.04 bits per heavy atom. The predicted molar refractivity (Wildman–Crippen MR) is 96.2 cm³/mol. The maximum absolute atomic E-state index is 11.7. The van der Waals surface area contributed by atoms with E-state index < -0.39 is 4.92 Å². The van der Waals surface area contributed by atoms with Gasteiger partial charge < -0.3 is 0 Å². The van der Waals surface area contributed by atoms with Gasteiger partial charge in [0, 0.05) is 23.4 Å². The van der Waals surface area contributed by atoms with Crippen molar-refractivity contribution in [1.82, 2.24) is 5.43 Å². The van der Waals surface area contributed by atoms with E-state index in [1.165, 1.54) is 41.2 Å². The van der Waals surface area contributed by atoms with Crippen LogP contribution >= 0.6 is 11.8 Å². The highest BCUT2D eigenvalue weighted by atomic mass is 32.2. The van der Waals surface area contributed by atoms with Crippen LogP contribution in [0.3, 0.4) is 0 Å². The van der Waals surface area contributed by atoms with Gasteiger partial charge in [0.2, 0.25) is 5.91 Å². The van der Waals surface area contributed by atoms with E-state index in [9.17, 15) is 14.9 Å². The van der Waals surface area contributed by atoms with Crippen LogP contribution in [-0.4, -0.2) is 22.8 Å². The van der Waals surface area contributed by atoms with Gasteiger partial charge in [0.15, 0.2) is 0 Å². The van der Waals surface area contributed by atoms with Crippen molar-refractivity contribution in [2.45, 2.75) is 12.7 Å². The second-order valence-electron chi connectivity index (χ2n) is 5.12. The lowest BCUT2D eigenvalue weighted by Crippen LogP contribution is -2.19. The van der Waals surface area contributed by atoms with Gasteiger partial charge in [-0.1, -0.05) is 42.0 Å². The minimum atomic E-state index is -0.475. The number of carbonyl (C=O) groups is 1. The molecule has 6 nitrogen and oxygen atoms in total. The molecule has 0 aliphatic heterocycles. The Hall–Kier alpha value is -2.67. The first-order chi connectivity index (χ1) is 11.5. The van der Waals surface area contributed by atoms with E-state index in [-0.39, 0.29) is 11.6 Å². The standard InChI is InChI=1S/C17H17N3O3S/c1-13-5-7-14(8-6-13)11-24-12-17(21)19-18-10-15-3-2-4-16(9-15)20(22)23/h2-10H,11-12H2,1H3,(H,19,21)/b18-10-. The van der Waals surface area contributed by atoms with Gasteiger partial charge in [0.25, 0.3) is 5.69 Å². The molecule has 0 fully saturated rings. The largest absolute Gasteiger partial charge is 0.272 e. The molecule has 0 saturated carbocycles. The molecular weight excluding hydrogens is 326 g/mol. The number of aryl methyl sites for hydroxylation is 1. The summed E-state index contributed by atoms with van der Waals surface area (Å²) in [4.78, 5) is 21.9. The molecule has 0 unspecified atom stereocenters. The zero-order chi connectivity index (χ0) is 17.4. The zero-order valence-electron chi connectivity index (χ0n) is 13.1. The van der Waals surface area contributed by atoms with Crippen molar-refractivity contribution < 1.29 is 9.72 Å². The highest BCUT2D eigenvalue weighted by Gasteiger charge is 2.04. The number of nitro groups is 1. The molecule has 0 bridgehead atoms. The summed E-state index contributed by atoms with van der Waals surface area (Å²) in [6, 6.07) is 14.2. The summed E-state index contributed by atoms with van der Waals surface area (Å²) in [5, 5.41) is 14.5. The molecule has 0 atom stereocenters. The number of carbonyl (C=O) groups excluding carboxylic acids is 1. The maximum atomic E-state index is 11.7. The number of nitro benzene ring substituents is 1. The molecule has 0 heterocycles. The fourth-order valence-electron chi connectivity index (χ4n) is 1.88. The van der Waals surface area contributed by atoms with Crippen molar-refractivity contribution in [3.63, 3.8) is 0 Å². The molecular formula is C17H17N3O3S. The smallest absolute Gasteiger partial charge is 0.270 e. The number of amides is 1. The summed E-state index contributed by atoms with van der Waals surface area (Å²) in [5.74, 6) is 0.830. The Bertz CT molecular complexity index is 745. The molecule has 0 saturated heterocycles. The van der Waals surface area contributed by atoms with Crippen LogP contribution < -0.4 is 5.43 Å². The third kappa shape index (κ3) is 5.85. The van der Waals surface area contributed by atoms with Crippen LogP contribution in [0.15, 0.2) is 53.6 Å². The van der Waals surface area contributed by atoms with Gasteiger partial charge in [-0.05, 0) is 12.5 Å². The van der Waals surface area contributed by atoms with Crippen LogP contribution in [0.1, 0.15) is 16.7 Å². The number of hydrogen-bond donors (Lipinski definition) is 1. The van der Waals surface area contributed by atoms with E-state index >= 15 is 0 Å². The minimum Gasteiger partial charge on any atom is -0.272 e. The van der Waals surface area contributed by atoms with Gasteiger partial charge >= 0.3 is 0 Å². The van der Waals surface area contributed by atoms with Crippen LogP contribution in [0.2, 0.25) is 0 Å². The highest BCUT2D eigenvalue weighted by molar-refractivity contribution is 7.99. The zero-order valence-corrected chi connectivity index (χ0v) is 14.0. The number of hydrazone groups is 1. The van der Waals surface area contributed by atoms with Crippen molar-refractivity contribution in [3.05, 3.63) is 75.3 Å². The predicted octanol–water partition coefficient (Wildman–Crippen LogP) is 3.29. The van der Waals surface area contributed by atoms with Crippen molar-refractivity contribution in [1.29, 1.82) is 0 Å². The lowest BCUT2D eigenvalue weighted by molar-refractivity contribution is -0.384. The maximum Gasteiger partial charge on any atom is 0.270 e. The second kappa shape index (κ2) is 8.83. The van der Waals surface area contributed by atoms with E-state index in [0.29, 0.717) is 11.3 Å². The molecule has 0 aliphatic carbocycles. The van der Waals surface area contributed by atoms with Crippen LogP contribution in [0.4, 0.5) is 5.69 Å². The highest BCUT2D eigenvalue weighted by Crippen LogP contribution is 2.13. The lowest BCUT2D eigenvalue weighted by atomic mass is 10.2. The summed E-state index contributed by atoms with van der Waals surface area (Å²) >= 11 is 1.50. The summed E-state index contributed by atoms with van der Waals surface area (Å²) in [6.07, 6.45) is 1.38. The molecule has 124 valence electrons. The molecule has 24 heavy (non-hydrogen) atoms. The first-order valence-electron chi connectivity index (χ1n) is 7.24. The Morgan fingerprint density at radius 1 is 1.29 bits per heavy atom. The van der Waals surface area contributed by atoms with E-state index in [4.69, 9.17) is 0 Å². The van der Waals surface area contributed by atoms with Crippen molar-refractivity contribution >= 4 is 29.6 Å². The SMILES string of the molecule is Cc1ccc(CSCC(=O)N/N=C\c2cccc([N+](=O)[O-])c2)cc1. The first kappa shape index (κ1) is 17.7. The average Bonchev–Trinajstić information content (AvgIpc) is 2.57. The molecule has 2 aromatic rings. The Labute approximate surface area is 144 Å². The molecule has 2 rings (SSSR count). The van der Waals surface area contributed by atoms with Crippen LogP contribution in [0, 0.1) is 17.0 Å². The Morgan fingerprint density at radius 3 is 2.75 bits per heavy atom. The minimum absolute atomic E-state index is 0.0149. The Kier molecular flexibility index (Phi) is 6.51. The summed E-state index contributed by atoms with van der Waals surface area (Å²) in [7, 11) is 0. The van der Waals surface area contributed by atoms with Gasteiger partial charge in [-0.2, -0.15) is 5.10 Å². The summed E-state index contributed by atoms with van der Waals surface area (Å²) in [5.41, 5.74) is 5.32. The van der Waals surface area contributed by atoms with Gasteiger partial charge in [0.05, 0.1) is 16.9 Å². The molecule has 2 aromatic carbocycles. The Balaban J connectivity index is 1.75. The van der Waals surface area contributed by atoms with Gasteiger partial charge in [0.1, 0.15) is 0 Å². The van der Waals surface area contributed by atoms with Gasteiger partial charge in [-0.25, -0.2) is 5.43 Å². The third-order valence-electron chi connectivity index (χ3n) is 3.11. The molecule has 0 radical (unpaired) electrons. The number of non-ortho nitro benzene ring substituents is 1. The number of thioether (sulfide) groups is 1. The number of benzene rings is 2. The molecule has 1 amide bonds. The second-order valence-corrected chi connectivity index (χ2v) is 6.11. The molecule has 1 N–H and O–H groups in total. The van der Waals surface area contributed by atoms with E-state index in [0.717, 1.165) is 5.75 Å². The van der Waals surface area contributed by atoms with Gasteiger partial charge in [-0.15, -0.1) is 11.8 Å². The summed E-state index contributed by atoms with van der Waals surface area (Å²) in [6.45, 7) is 2.03. The third-order valence-corrected chi connectivity index (χ3v) is 4.11. The molecule has 0 aromatic heterocycles. The number of hydrogen-bond acceptors (Lipinski definition) is 5. The van der Waals surface area contributed by atoms with Crippen molar-refractivity contribution in [3.8, 4) is 0 Å². The number of rotatable bonds is 7. The van der Waals surface area contributed by atoms with Crippen LogP contribution in [-0.2, 0) is 10.5 Å². The summed E-state index contributed by atoms with van der Waals surface area (Å²) < 4.78 is 0. The number of nitrogens with zero attached hydrogens (tertiary/aromatic N) is 2. The molecule has 0 spiro atoms.